The number of methoxy groups -OCH3 is 2. The number of aromatic amines is 1. The Morgan fingerprint density at radius 2 is 2.05 bits per heavy atom. The van der Waals surface area contributed by atoms with Gasteiger partial charge in [0.25, 0.3) is 5.56 Å². The Labute approximate surface area is 117 Å². The van der Waals surface area contributed by atoms with Crippen LogP contribution in [0, 0.1) is 0 Å². The van der Waals surface area contributed by atoms with Crippen molar-refractivity contribution in [2.45, 2.75) is 19.8 Å². The Morgan fingerprint density at radius 1 is 1.25 bits per heavy atom. The summed E-state index contributed by atoms with van der Waals surface area (Å²) in [5.41, 5.74) is 1.17. The molecular formula is C15H18N2O3. The normalized spacial score (nSPS) is 10.3. The zero-order chi connectivity index (χ0) is 14.5. The number of aromatic nitrogens is 2. The summed E-state index contributed by atoms with van der Waals surface area (Å²) in [6.45, 7) is 2.04. The third-order valence-electron chi connectivity index (χ3n) is 2.96. The van der Waals surface area contributed by atoms with Gasteiger partial charge in [0.15, 0.2) is 11.5 Å². The van der Waals surface area contributed by atoms with Gasteiger partial charge in [0.05, 0.1) is 19.9 Å². The molecule has 5 nitrogen and oxygen atoms in total. The van der Waals surface area contributed by atoms with Gasteiger partial charge in [-0.15, -0.1) is 0 Å². The number of rotatable bonds is 5. The van der Waals surface area contributed by atoms with Crippen LogP contribution >= 0.6 is 0 Å². The maximum Gasteiger partial charge on any atom is 0.251 e. The van der Waals surface area contributed by atoms with E-state index >= 15 is 0 Å². The molecule has 2 aromatic rings. The molecule has 5 heteroatoms. The minimum absolute atomic E-state index is 0.164. The smallest absolute Gasteiger partial charge is 0.251 e. The van der Waals surface area contributed by atoms with Crippen LogP contribution in [-0.4, -0.2) is 24.2 Å². The second kappa shape index (κ2) is 6.23. The molecule has 0 saturated carbocycles. The summed E-state index contributed by atoms with van der Waals surface area (Å²) in [7, 11) is 3.15. The van der Waals surface area contributed by atoms with E-state index in [4.69, 9.17) is 9.47 Å². The number of nitrogens with zero attached hydrogens (tertiary/aromatic N) is 1. The van der Waals surface area contributed by atoms with Crippen LogP contribution in [0.25, 0.3) is 11.3 Å². The summed E-state index contributed by atoms with van der Waals surface area (Å²) in [6.07, 6.45) is 1.65. The van der Waals surface area contributed by atoms with E-state index in [1.54, 1.807) is 14.2 Å². The number of benzene rings is 1. The topological polar surface area (TPSA) is 64.2 Å². The van der Waals surface area contributed by atoms with Gasteiger partial charge < -0.3 is 14.5 Å². The number of hydrogen-bond donors (Lipinski definition) is 1. The lowest BCUT2D eigenvalue weighted by Crippen LogP contribution is -2.11. The lowest BCUT2D eigenvalue weighted by Gasteiger charge is -2.12. The molecule has 0 aliphatic carbocycles. The highest BCUT2D eigenvalue weighted by atomic mass is 16.5. The highest BCUT2D eigenvalue weighted by molar-refractivity contribution is 5.70. The van der Waals surface area contributed by atoms with Gasteiger partial charge in [0.1, 0.15) is 5.82 Å². The van der Waals surface area contributed by atoms with Crippen LogP contribution in [0.5, 0.6) is 11.5 Å². The van der Waals surface area contributed by atoms with E-state index in [-0.39, 0.29) is 5.56 Å². The van der Waals surface area contributed by atoms with E-state index in [1.807, 2.05) is 25.1 Å². The van der Waals surface area contributed by atoms with Crippen molar-refractivity contribution < 1.29 is 9.47 Å². The summed E-state index contributed by atoms with van der Waals surface area (Å²) in [5, 5.41) is 0. The van der Waals surface area contributed by atoms with Crippen LogP contribution in [0.2, 0.25) is 0 Å². The van der Waals surface area contributed by atoms with Crippen LogP contribution in [0.4, 0.5) is 0 Å². The lowest BCUT2D eigenvalue weighted by atomic mass is 10.1. The van der Waals surface area contributed by atoms with Crippen molar-refractivity contribution in [2.75, 3.05) is 14.2 Å². The van der Waals surface area contributed by atoms with Crippen molar-refractivity contribution in [1.82, 2.24) is 9.97 Å². The van der Waals surface area contributed by atoms with Gasteiger partial charge in [0, 0.05) is 18.1 Å². The van der Waals surface area contributed by atoms with Crippen LogP contribution in [-0.2, 0) is 6.42 Å². The molecule has 0 bridgehead atoms. The predicted molar refractivity (Wildman–Crippen MR) is 77.4 cm³/mol. The first kappa shape index (κ1) is 14.1. The number of ether oxygens (including phenoxy) is 2. The zero-order valence-corrected chi connectivity index (χ0v) is 11.9. The third-order valence-corrected chi connectivity index (χ3v) is 2.96. The van der Waals surface area contributed by atoms with Crippen molar-refractivity contribution >= 4 is 0 Å². The lowest BCUT2D eigenvalue weighted by molar-refractivity contribution is 0.356. The van der Waals surface area contributed by atoms with Crippen LogP contribution in [0.15, 0.2) is 29.1 Å². The first-order chi connectivity index (χ1) is 9.69. The minimum atomic E-state index is -0.164. The summed E-state index contributed by atoms with van der Waals surface area (Å²) < 4.78 is 10.7. The molecule has 0 spiro atoms. The fourth-order valence-electron chi connectivity index (χ4n) is 2.09. The molecule has 20 heavy (non-hydrogen) atoms. The van der Waals surface area contributed by atoms with Gasteiger partial charge in [0.2, 0.25) is 0 Å². The molecule has 2 rings (SSSR count). The second-order valence-electron chi connectivity index (χ2n) is 4.37. The molecular weight excluding hydrogens is 256 g/mol. The number of aryl methyl sites for hydroxylation is 1. The van der Waals surface area contributed by atoms with E-state index in [2.05, 4.69) is 9.97 Å². The number of para-hydroxylation sites is 1. The molecule has 0 aliphatic heterocycles. The Morgan fingerprint density at radius 3 is 2.70 bits per heavy atom. The Kier molecular flexibility index (Phi) is 4.40. The van der Waals surface area contributed by atoms with Gasteiger partial charge in [-0.05, 0) is 18.6 Å². The summed E-state index contributed by atoms with van der Waals surface area (Å²) in [4.78, 5) is 19.0. The molecule has 0 fully saturated rings. The molecule has 0 radical (unpaired) electrons. The fraction of sp³-hybridized carbons (Fsp3) is 0.333. The van der Waals surface area contributed by atoms with E-state index in [1.165, 1.54) is 6.07 Å². The molecule has 1 aromatic carbocycles. The van der Waals surface area contributed by atoms with Crippen molar-refractivity contribution in [3.8, 4) is 22.8 Å². The molecule has 0 aliphatic rings. The van der Waals surface area contributed by atoms with Crippen LogP contribution < -0.4 is 15.0 Å². The van der Waals surface area contributed by atoms with Crippen molar-refractivity contribution in [2.24, 2.45) is 0 Å². The molecule has 1 heterocycles. The second-order valence-corrected chi connectivity index (χ2v) is 4.37. The minimum Gasteiger partial charge on any atom is -0.493 e. The van der Waals surface area contributed by atoms with Gasteiger partial charge in [-0.1, -0.05) is 13.0 Å². The van der Waals surface area contributed by atoms with Crippen molar-refractivity contribution in [1.29, 1.82) is 0 Å². The monoisotopic (exact) mass is 274 g/mol. The quantitative estimate of drug-likeness (QED) is 0.909. The molecule has 0 unspecified atom stereocenters. The Balaban J connectivity index is 2.59. The number of nitrogens with one attached hydrogen (secondary N) is 1. The average molecular weight is 274 g/mol. The maximum absolute atomic E-state index is 11.7. The fourth-order valence-corrected chi connectivity index (χ4v) is 2.09. The van der Waals surface area contributed by atoms with E-state index in [0.717, 1.165) is 18.4 Å². The summed E-state index contributed by atoms with van der Waals surface area (Å²) >= 11 is 0. The number of hydrogen-bond acceptors (Lipinski definition) is 4. The zero-order valence-electron chi connectivity index (χ0n) is 11.9. The van der Waals surface area contributed by atoms with Gasteiger partial charge in [-0.3, -0.25) is 4.79 Å². The molecule has 0 saturated heterocycles. The van der Waals surface area contributed by atoms with E-state index < -0.39 is 0 Å². The van der Waals surface area contributed by atoms with E-state index in [9.17, 15) is 4.79 Å². The largest absolute Gasteiger partial charge is 0.493 e. The third kappa shape index (κ3) is 2.82. The summed E-state index contributed by atoms with van der Waals surface area (Å²) in [5.74, 6) is 1.87. The molecule has 106 valence electrons. The van der Waals surface area contributed by atoms with Crippen LogP contribution in [0.3, 0.4) is 0 Å². The predicted octanol–water partition coefficient (Wildman–Crippen LogP) is 2.41. The Hall–Kier alpha value is -2.30. The highest BCUT2D eigenvalue weighted by Crippen LogP contribution is 2.36. The molecule has 0 amide bonds. The standard InChI is InChI=1S/C15H18N2O3/c1-4-6-13-16-11(9-14(18)17-13)10-7-5-8-12(19-2)15(10)20-3/h5,7-9H,4,6H2,1-3H3,(H,16,17,18). The van der Waals surface area contributed by atoms with Gasteiger partial charge in [-0.2, -0.15) is 0 Å². The summed E-state index contributed by atoms with van der Waals surface area (Å²) in [6, 6.07) is 6.98. The number of H-pyrrole nitrogens is 1. The molecule has 1 N–H and O–H groups in total. The molecule has 0 atom stereocenters. The van der Waals surface area contributed by atoms with Crippen molar-refractivity contribution in [3.63, 3.8) is 0 Å². The SMILES string of the molecule is CCCc1nc(-c2cccc(OC)c2OC)cc(=O)[nH]1. The van der Waals surface area contributed by atoms with Gasteiger partial charge >= 0.3 is 0 Å². The first-order valence-corrected chi connectivity index (χ1v) is 6.51. The van der Waals surface area contributed by atoms with Gasteiger partial charge in [-0.25, -0.2) is 4.98 Å². The van der Waals surface area contributed by atoms with Crippen molar-refractivity contribution in [3.05, 3.63) is 40.4 Å². The first-order valence-electron chi connectivity index (χ1n) is 6.51. The Bertz CT molecular complexity index is 650. The van der Waals surface area contributed by atoms with E-state index in [0.29, 0.717) is 23.0 Å². The maximum atomic E-state index is 11.7. The average Bonchev–Trinajstić information content (AvgIpc) is 2.46. The molecule has 1 aromatic heterocycles. The highest BCUT2D eigenvalue weighted by Gasteiger charge is 2.13. The van der Waals surface area contributed by atoms with Crippen LogP contribution in [0.1, 0.15) is 19.2 Å².